The number of rotatable bonds is 6. The summed E-state index contributed by atoms with van der Waals surface area (Å²) in [4.78, 5) is 0. The van der Waals surface area contributed by atoms with Crippen molar-refractivity contribution in [2.24, 2.45) is 5.41 Å². The van der Waals surface area contributed by atoms with Crippen LogP contribution in [0.15, 0.2) is 66.7 Å². The van der Waals surface area contributed by atoms with Crippen molar-refractivity contribution in [2.45, 2.75) is 59.7 Å². The number of halogens is 3. The van der Waals surface area contributed by atoms with E-state index in [1.807, 2.05) is 44.2 Å². The lowest BCUT2D eigenvalue weighted by Crippen LogP contribution is -2.13. The summed E-state index contributed by atoms with van der Waals surface area (Å²) in [5, 5.41) is 0. The molecule has 1 unspecified atom stereocenters. The lowest BCUT2D eigenvalue weighted by atomic mass is 9.88. The van der Waals surface area contributed by atoms with Crippen LogP contribution in [0.2, 0.25) is 0 Å². The zero-order chi connectivity index (χ0) is 23.5. The van der Waals surface area contributed by atoms with E-state index in [-0.39, 0.29) is 11.5 Å². The van der Waals surface area contributed by atoms with Crippen molar-refractivity contribution in [1.29, 1.82) is 0 Å². The van der Waals surface area contributed by atoms with E-state index in [1.54, 1.807) is 0 Å². The minimum Gasteiger partial charge on any atom is -0.486 e. The Morgan fingerprint density at radius 3 is 1.88 bits per heavy atom. The molecule has 3 rings (SSSR count). The first-order valence-corrected chi connectivity index (χ1v) is 10.9. The highest BCUT2D eigenvalue weighted by molar-refractivity contribution is 5.72. The smallest absolute Gasteiger partial charge is 0.416 e. The van der Waals surface area contributed by atoms with Gasteiger partial charge in [-0.05, 0) is 84.2 Å². The van der Waals surface area contributed by atoms with Crippen molar-refractivity contribution in [3.63, 3.8) is 0 Å². The maximum Gasteiger partial charge on any atom is 0.416 e. The Bertz CT molecular complexity index is 1010. The zero-order valence-corrected chi connectivity index (χ0v) is 19.4. The summed E-state index contributed by atoms with van der Waals surface area (Å²) in [6, 6.07) is 19.5. The van der Waals surface area contributed by atoms with Gasteiger partial charge in [0.05, 0.1) is 5.56 Å². The molecule has 0 bridgehead atoms. The van der Waals surface area contributed by atoms with Crippen LogP contribution in [0, 0.1) is 19.3 Å². The van der Waals surface area contributed by atoms with E-state index in [0.29, 0.717) is 0 Å². The van der Waals surface area contributed by atoms with Crippen LogP contribution >= 0.6 is 0 Å². The summed E-state index contributed by atoms with van der Waals surface area (Å²) in [5.74, 6) is 0.776. The molecule has 0 saturated heterocycles. The molecule has 0 aliphatic heterocycles. The van der Waals surface area contributed by atoms with E-state index >= 15 is 0 Å². The molecule has 1 nitrogen and oxygen atoms in total. The average Bonchev–Trinajstić information content (AvgIpc) is 2.70. The van der Waals surface area contributed by atoms with Gasteiger partial charge in [0.15, 0.2) is 0 Å². The van der Waals surface area contributed by atoms with Crippen LogP contribution in [-0.2, 0) is 6.18 Å². The monoisotopic (exact) mass is 440 g/mol. The van der Waals surface area contributed by atoms with Crippen LogP contribution in [0.4, 0.5) is 13.2 Å². The largest absolute Gasteiger partial charge is 0.486 e. The van der Waals surface area contributed by atoms with E-state index in [0.717, 1.165) is 58.5 Å². The third-order valence-corrected chi connectivity index (χ3v) is 5.61. The first kappa shape index (κ1) is 23.9. The summed E-state index contributed by atoms with van der Waals surface area (Å²) < 4.78 is 45.2. The fourth-order valence-corrected chi connectivity index (χ4v) is 3.96. The molecule has 0 spiro atoms. The number of hydrogen-bond acceptors (Lipinski definition) is 1. The van der Waals surface area contributed by atoms with Crippen molar-refractivity contribution in [3.05, 3.63) is 89.0 Å². The second-order valence-electron chi connectivity index (χ2n) is 9.62. The van der Waals surface area contributed by atoms with E-state index < -0.39 is 11.7 Å². The standard InChI is InChI=1S/C28H31F3O/c1-19-17-24(32-25(15-16-27(3,4)5)21-9-7-6-8-10-21)18-20(2)26(19)22-11-13-23(14-12-22)28(29,30)31/h6-14,17-18,25H,15-16H2,1-5H3. The molecule has 3 aromatic carbocycles. The minimum atomic E-state index is -4.33. The Hall–Kier alpha value is -2.75. The van der Waals surface area contributed by atoms with Gasteiger partial charge < -0.3 is 4.74 Å². The molecule has 170 valence electrons. The summed E-state index contributed by atoms with van der Waals surface area (Å²) >= 11 is 0. The van der Waals surface area contributed by atoms with Gasteiger partial charge in [-0.2, -0.15) is 13.2 Å². The van der Waals surface area contributed by atoms with Gasteiger partial charge in [-0.1, -0.05) is 63.2 Å². The van der Waals surface area contributed by atoms with Gasteiger partial charge in [-0.3, -0.25) is 0 Å². The van der Waals surface area contributed by atoms with Crippen molar-refractivity contribution >= 4 is 0 Å². The maximum absolute atomic E-state index is 12.9. The quantitative estimate of drug-likeness (QED) is 0.372. The molecular weight excluding hydrogens is 409 g/mol. The third kappa shape index (κ3) is 6.15. The van der Waals surface area contributed by atoms with Gasteiger partial charge in [0, 0.05) is 0 Å². The predicted octanol–water partition coefficient (Wildman–Crippen LogP) is 8.94. The molecule has 0 aliphatic rings. The molecule has 3 aromatic rings. The molecule has 0 N–H and O–H groups in total. The molecule has 0 fully saturated rings. The van der Waals surface area contributed by atoms with E-state index in [1.165, 1.54) is 12.1 Å². The Morgan fingerprint density at radius 2 is 1.38 bits per heavy atom. The first-order valence-electron chi connectivity index (χ1n) is 10.9. The summed E-state index contributed by atoms with van der Waals surface area (Å²) in [6.07, 6.45) is -2.48. The lowest BCUT2D eigenvalue weighted by Gasteiger charge is -2.25. The van der Waals surface area contributed by atoms with Crippen LogP contribution in [-0.4, -0.2) is 0 Å². The Morgan fingerprint density at radius 1 is 0.812 bits per heavy atom. The average molecular weight is 441 g/mol. The molecule has 0 radical (unpaired) electrons. The molecule has 1 atom stereocenters. The Kier molecular flexibility index (Phi) is 7.02. The predicted molar refractivity (Wildman–Crippen MR) is 125 cm³/mol. The zero-order valence-electron chi connectivity index (χ0n) is 19.4. The maximum atomic E-state index is 12.9. The van der Waals surface area contributed by atoms with Crippen molar-refractivity contribution in [1.82, 2.24) is 0 Å². The number of hydrogen-bond donors (Lipinski definition) is 0. The van der Waals surface area contributed by atoms with Gasteiger partial charge in [0.1, 0.15) is 11.9 Å². The fourth-order valence-electron chi connectivity index (χ4n) is 3.96. The van der Waals surface area contributed by atoms with Crippen LogP contribution in [0.25, 0.3) is 11.1 Å². The topological polar surface area (TPSA) is 9.23 Å². The number of alkyl halides is 3. The van der Waals surface area contributed by atoms with Crippen molar-refractivity contribution in [2.75, 3.05) is 0 Å². The molecule has 32 heavy (non-hydrogen) atoms. The van der Waals surface area contributed by atoms with Gasteiger partial charge in [0.25, 0.3) is 0 Å². The molecular formula is C28H31F3O. The second-order valence-corrected chi connectivity index (χ2v) is 9.62. The molecule has 0 saturated carbocycles. The highest BCUT2D eigenvalue weighted by Gasteiger charge is 2.30. The van der Waals surface area contributed by atoms with Crippen molar-refractivity contribution in [3.8, 4) is 16.9 Å². The summed E-state index contributed by atoms with van der Waals surface area (Å²) in [6.45, 7) is 10.6. The lowest BCUT2D eigenvalue weighted by molar-refractivity contribution is -0.137. The Labute approximate surface area is 189 Å². The van der Waals surface area contributed by atoms with Crippen LogP contribution in [0.3, 0.4) is 0 Å². The third-order valence-electron chi connectivity index (χ3n) is 5.61. The molecule has 0 aliphatic carbocycles. The Balaban J connectivity index is 1.88. The van der Waals surface area contributed by atoms with Crippen LogP contribution in [0.1, 0.15) is 62.0 Å². The number of ether oxygens (including phenoxy) is 1. The molecule has 4 heteroatoms. The number of aryl methyl sites for hydroxylation is 2. The van der Waals surface area contributed by atoms with Gasteiger partial charge in [-0.15, -0.1) is 0 Å². The highest BCUT2D eigenvalue weighted by Crippen LogP contribution is 2.37. The van der Waals surface area contributed by atoms with Gasteiger partial charge in [-0.25, -0.2) is 0 Å². The van der Waals surface area contributed by atoms with Crippen LogP contribution in [0.5, 0.6) is 5.75 Å². The molecule has 0 aromatic heterocycles. The SMILES string of the molecule is Cc1cc(OC(CCC(C)(C)C)c2ccccc2)cc(C)c1-c1ccc(C(F)(F)F)cc1. The van der Waals surface area contributed by atoms with Crippen LogP contribution < -0.4 is 4.74 Å². The van der Waals surface area contributed by atoms with Gasteiger partial charge >= 0.3 is 6.18 Å². The molecule has 0 amide bonds. The minimum absolute atomic E-state index is 0.0638. The summed E-state index contributed by atoms with van der Waals surface area (Å²) in [5.41, 5.74) is 4.36. The van der Waals surface area contributed by atoms with E-state index in [9.17, 15) is 13.2 Å². The second kappa shape index (κ2) is 9.40. The van der Waals surface area contributed by atoms with E-state index in [2.05, 4.69) is 32.9 Å². The molecule has 0 heterocycles. The number of benzene rings is 3. The fraction of sp³-hybridized carbons (Fsp3) is 0.357. The van der Waals surface area contributed by atoms with Crippen molar-refractivity contribution < 1.29 is 17.9 Å². The highest BCUT2D eigenvalue weighted by atomic mass is 19.4. The summed E-state index contributed by atoms with van der Waals surface area (Å²) in [7, 11) is 0. The normalized spacial score (nSPS) is 13.1. The first-order chi connectivity index (χ1) is 14.9. The van der Waals surface area contributed by atoms with E-state index in [4.69, 9.17) is 4.74 Å². The van der Waals surface area contributed by atoms with Gasteiger partial charge in [0.2, 0.25) is 0 Å².